The van der Waals surface area contributed by atoms with E-state index in [1.165, 1.54) is 19.4 Å². The van der Waals surface area contributed by atoms with Gasteiger partial charge in [0.2, 0.25) is 0 Å². The molecule has 0 aromatic heterocycles. The van der Waals surface area contributed by atoms with Crippen molar-refractivity contribution in [3.05, 3.63) is 0 Å². The van der Waals surface area contributed by atoms with Gasteiger partial charge in [-0.15, -0.1) is 24.0 Å². The minimum absolute atomic E-state index is 0. The highest BCUT2D eigenvalue weighted by molar-refractivity contribution is 14.0. The van der Waals surface area contributed by atoms with E-state index < -0.39 is 0 Å². The lowest BCUT2D eigenvalue weighted by Crippen LogP contribution is -2.41. The predicted octanol–water partition coefficient (Wildman–Crippen LogP) is 2.69. The van der Waals surface area contributed by atoms with Gasteiger partial charge in [-0.2, -0.15) is 0 Å². The summed E-state index contributed by atoms with van der Waals surface area (Å²) in [4.78, 5) is 7.01. The molecule has 0 aromatic rings. The Bertz CT molecular complexity index is 210. The van der Waals surface area contributed by atoms with Gasteiger partial charge in [0, 0.05) is 26.2 Å². The van der Waals surface area contributed by atoms with Gasteiger partial charge in [-0.3, -0.25) is 4.99 Å². The lowest BCUT2D eigenvalue weighted by Gasteiger charge is -2.20. The predicted molar refractivity (Wildman–Crippen MR) is 96.7 cm³/mol. The van der Waals surface area contributed by atoms with Crippen molar-refractivity contribution in [2.75, 3.05) is 39.3 Å². The number of hydrogen-bond donors (Lipinski definition) is 2. The molecule has 0 spiro atoms. The van der Waals surface area contributed by atoms with Crippen molar-refractivity contribution in [3.8, 4) is 0 Å². The molecule has 0 aliphatic heterocycles. The molecule has 0 atom stereocenters. The number of hydrogen-bond acceptors (Lipinski definition) is 2. The zero-order chi connectivity index (χ0) is 13.6. The van der Waals surface area contributed by atoms with Gasteiger partial charge in [-0.25, -0.2) is 0 Å². The summed E-state index contributed by atoms with van der Waals surface area (Å²) < 4.78 is 0. The number of nitrogens with zero attached hydrogens (tertiary/aromatic N) is 2. The number of nitrogens with one attached hydrogen (secondary N) is 2. The Morgan fingerprint density at radius 2 is 1.74 bits per heavy atom. The molecule has 0 amide bonds. The zero-order valence-corrected chi connectivity index (χ0v) is 15.5. The van der Waals surface area contributed by atoms with Gasteiger partial charge in [0.1, 0.15) is 0 Å². The van der Waals surface area contributed by atoms with E-state index >= 15 is 0 Å². The van der Waals surface area contributed by atoms with Crippen LogP contribution in [0, 0.1) is 0 Å². The molecule has 0 aliphatic rings. The molecule has 0 radical (unpaired) electrons. The molecule has 116 valence electrons. The number of likely N-dealkylation sites (N-methyl/N-ethyl adjacent to an activating group) is 1. The van der Waals surface area contributed by atoms with E-state index in [4.69, 9.17) is 0 Å². The third-order valence-electron chi connectivity index (χ3n) is 2.83. The largest absolute Gasteiger partial charge is 0.357 e. The average molecular weight is 384 g/mol. The van der Waals surface area contributed by atoms with Crippen LogP contribution in [0.25, 0.3) is 0 Å². The third kappa shape index (κ3) is 12.7. The Balaban J connectivity index is 0. The van der Waals surface area contributed by atoms with Crippen molar-refractivity contribution in [1.82, 2.24) is 15.5 Å². The van der Waals surface area contributed by atoms with Crippen molar-refractivity contribution in [3.63, 3.8) is 0 Å². The van der Waals surface area contributed by atoms with E-state index in [1.54, 1.807) is 0 Å². The summed E-state index contributed by atoms with van der Waals surface area (Å²) in [6, 6.07) is 0. The number of halogens is 1. The van der Waals surface area contributed by atoms with Gasteiger partial charge in [0.15, 0.2) is 5.96 Å². The molecule has 0 bridgehead atoms. The van der Waals surface area contributed by atoms with Crippen LogP contribution in [0.4, 0.5) is 0 Å². The molecule has 0 heterocycles. The van der Waals surface area contributed by atoms with Gasteiger partial charge < -0.3 is 15.5 Å². The molecule has 0 fully saturated rings. The summed E-state index contributed by atoms with van der Waals surface area (Å²) in [6.07, 6.45) is 3.58. The van der Waals surface area contributed by atoms with Crippen molar-refractivity contribution in [2.45, 2.75) is 47.0 Å². The van der Waals surface area contributed by atoms with Gasteiger partial charge in [-0.1, -0.05) is 27.2 Å². The van der Waals surface area contributed by atoms with Crippen LogP contribution >= 0.6 is 24.0 Å². The molecule has 0 saturated carbocycles. The van der Waals surface area contributed by atoms with E-state index in [2.05, 4.69) is 48.2 Å². The second-order valence-corrected chi connectivity index (χ2v) is 4.48. The average Bonchev–Trinajstić information content (AvgIpc) is 2.38. The lowest BCUT2D eigenvalue weighted by molar-refractivity contribution is 0.293. The molecule has 4 nitrogen and oxygen atoms in total. The van der Waals surface area contributed by atoms with Crippen LogP contribution in [-0.4, -0.2) is 50.1 Å². The number of rotatable bonds is 10. The fourth-order valence-corrected chi connectivity index (χ4v) is 1.77. The Hall–Kier alpha value is -0.0400. The van der Waals surface area contributed by atoms with Crippen LogP contribution in [0.5, 0.6) is 0 Å². The smallest absolute Gasteiger partial charge is 0.191 e. The van der Waals surface area contributed by atoms with Gasteiger partial charge in [0.25, 0.3) is 0 Å². The first kappa shape index (κ1) is 21.3. The molecule has 19 heavy (non-hydrogen) atoms. The fraction of sp³-hybridized carbons (Fsp3) is 0.929. The van der Waals surface area contributed by atoms with E-state index in [9.17, 15) is 0 Å². The second kappa shape index (κ2) is 16.0. The Morgan fingerprint density at radius 3 is 2.26 bits per heavy atom. The first-order valence-electron chi connectivity index (χ1n) is 7.52. The molecule has 2 N–H and O–H groups in total. The highest BCUT2D eigenvalue weighted by atomic mass is 127. The van der Waals surface area contributed by atoms with Gasteiger partial charge >= 0.3 is 0 Å². The van der Waals surface area contributed by atoms with E-state index in [0.717, 1.165) is 45.1 Å². The number of guanidine groups is 1. The van der Waals surface area contributed by atoms with Crippen LogP contribution < -0.4 is 10.6 Å². The standard InChI is InChI=1S/C14H32N4.HI/c1-5-9-10-16-14(15-7-3)17-11-13-18(8-4)12-6-2;/h5-13H2,1-4H3,(H2,15,16,17);1H. The Kier molecular flexibility index (Phi) is 17.9. The minimum Gasteiger partial charge on any atom is -0.357 e. The number of aliphatic imine (C=N–C) groups is 1. The first-order chi connectivity index (χ1) is 8.78. The monoisotopic (exact) mass is 384 g/mol. The first-order valence-corrected chi connectivity index (χ1v) is 7.52. The van der Waals surface area contributed by atoms with Gasteiger partial charge in [-0.05, 0) is 32.9 Å². The summed E-state index contributed by atoms with van der Waals surface area (Å²) in [5, 5.41) is 6.69. The maximum atomic E-state index is 4.55. The SMILES string of the molecule is CCCCN=C(NCC)NCCN(CC)CCC.I. The molecule has 0 aromatic carbocycles. The topological polar surface area (TPSA) is 39.7 Å². The van der Waals surface area contributed by atoms with Crippen molar-refractivity contribution in [1.29, 1.82) is 0 Å². The minimum atomic E-state index is 0. The molecule has 0 aliphatic carbocycles. The Labute approximate surface area is 136 Å². The number of unbranched alkanes of at least 4 members (excludes halogenated alkanes) is 1. The summed E-state index contributed by atoms with van der Waals surface area (Å²) in [5.41, 5.74) is 0. The quantitative estimate of drug-likeness (QED) is 0.263. The molecule has 0 rings (SSSR count). The summed E-state index contributed by atoms with van der Waals surface area (Å²) >= 11 is 0. The summed E-state index contributed by atoms with van der Waals surface area (Å²) in [6.45, 7) is 14.9. The highest BCUT2D eigenvalue weighted by Crippen LogP contribution is 1.90. The second-order valence-electron chi connectivity index (χ2n) is 4.48. The molecule has 0 saturated heterocycles. The molecular weight excluding hydrogens is 351 g/mol. The van der Waals surface area contributed by atoms with Crippen LogP contribution in [0.2, 0.25) is 0 Å². The van der Waals surface area contributed by atoms with Crippen LogP contribution in [0.1, 0.15) is 47.0 Å². The molecule has 0 unspecified atom stereocenters. The van der Waals surface area contributed by atoms with E-state index in [-0.39, 0.29) is 24.0 Å². The fourth-order valence-electron chi connectivity index (χ4n) is 1.77. The summed E-state index contributed by atoms with van der Waals surface area (Å²) in [5.74, 6) is 0.957. The van der Waals surface area contributed by atoms with Crippen molar-refractivity contribution >= 4 is 29.9 Å². The Morgan fingerprint density at radius 1 is 1.00 bits per heavy atom. The van der Waals surface area contributed by atoms with Crippen molar-refractivity contribution in [2.24, 2.45) is 4.99 Å². The van der Waals surface area contributed by atoms with Crippen molar-refractivity contribution < 1.29 is 0 Å². The zero-order valence-electron chi connectivity index (χ0n) is 13.2. The normalized spacial score (nSPS) is 11.3. The van der Waals surface area contributed by atoms with Crippen LogP contribution in [-0.2, 0) is 0 Å². The lowest BCUT2D eigenvalue weighted by atomic mass is 10.3. The van der Waals surface area contributed by atoms with E-state index in [0.29, 0.717) is 0 Å². The highest BCUT2D eigenvalue weighted by Gasteiger charge is 2.01. The summed E-state index contributed by atoms with van der Waals surface area (Å²) in [7, 11) is 0. The molecule has 5 heteroatoms. The van der Waals surface area contributed by atoms with Crippen LogP contribution in [0.15, 0.2) is 4.99 Å². The maximum absolute atomic E-state index is 4.55. The van der Waals surface area contributed by atoms with Gasteiger partial charge in [0.05, 0.1) is 0 Å². The maximum Gasteiger partial charge on any atom is 0.191 e. The molecular formula is C14H33IN4. The van der Waals surface area contributed by atoms with E-state index in [1.807, 2.05) is 0 Å². The van der Waals surface area contributed by atoms with Crippen LogP contribution in [0.3, 0.4) is 0 Å². The third-order valence-corrected chi connectivity index (χ3v) is 2.83.